The van der Waals surface area contributed by atoms with Gasteiger partial charge in [-0.05, 0) is 71.6 Å². The normalized spacial score (nSPS) is 18.2. The van der Waals surface area contributed by atoms with Crippen molar-refractivity contribution in [1.29, 1.82) is 0 Å². The van der Waals surface area contributed by atoms with Crippen molar-refractivity contribution < 1.29 is 9.47 Å². The van der Waals surface area contributed by atoms with E-state index in [2.05, 4.69) is 86.6 Å². The minimum Gasteiger partial charge on any atom is -0.464 e. The lowest BCUT2D eigenvalue weighted by molar-refractivity contribution is -0.135. The molecular formula is C31H36O2. The van der Waals surface area contributed by atoms with Gasteiger partial charge in [-0.25, -0.2) is 0 Å². The van der Waals surface area contributed by atoms with Crippen molar-refractivity contribution in [1.82, 2.24) is 0 Å². The maximum atomic E-state index is 6.83. The lowest BCUT2D eigenvalue weighted by Crippen LogP contribution is -2.36. The molecule has 2 heteroatoms. The fourth-order valence-electron chi connectivity index (χ4n) is 5.47. The first-order chi connectivity index (χ1) is 16.2. The van der Waals surface area contributed by atoms with Gasteiger partial charge in [0.2, 0.25) is 6.29 Å². The van der Waals surface area contributed by atoms with E-state index in [0.717, 1.165) is 31.4 Å². The molecule has 0 aromatic heterocycles. The first-order valence-electron chi connectivity index (χ1n) is 12.8. The van der Waals surface area contributed by atoms with Crippen LogP contribution in [0.4, 0.5) is 0 Å². The van der Waals surface area contributed by atoms with Crippen molar-refractivity contribution in [3.8, 4) is 5.75 Å². The highest BCUT2D eigenvalue weighted by atomic mass is 16.7. The number of hydrogen-bond acceptors (Lipinski definition) is 2. The molecule has 3 aromatic rings. The second-order valence-electron chi connectivity index (χ2n) is 9.81. The van der Waals surface area contributed by atoms with Crippen LogP contribution < -0.4 is 4.74 Å². The Hall–Kier alpha value is -2.58. The van der Waals surface area contributed by atoms with Gasteiger partial charge in [-0.2, -0.15) is 0 Å². The first kappa shape index (κ1) is 22.2. The molecule has 0 N–H and O–H groups in total. The Morgan fingerprint density at radius 1 is 0.788 bits per heavy atom. The zero-order valence-corrected chi connectivity index (χ0v) is 20.0. The van der Waals surface area contributed by atoms with E-state index in [0.29, 0.717) is 5.92 Å². The van der Waals surface area contributed by atoms with Crippen LogP contribution in [0.3, 0.4) is 0 Å². The summed E-state index contributed by atoms with van der Waals surface area (Å²) in [6.07, 6.45) is 8.11. The van der Waals surface area contributed by atoms with Gasteiger partial charge in [0.05, 0.1) is 12.0 Å². The molecule has 2 unspecified atom stereocenters. The van der Waals surface area contributed by atoms with Gasteiger partial charge in [0.15, 0.2) is 0 Å². The second-order valence-corrected chi connectivity index (χ2v) is 9.81. The lowest BCUT2D eigenvalue weighted by atomic mass is 9.77. The highest BCUT2D eigenvalue weighted by molar-refractivity contribution is 5.49. The highest BCUT2D eigenvalue weighted by Crippen LogP contribution is 2.41. The third kappa shape index (κ3) is 4.87. The largest absolute Gasteiger partial charge is 0.464 e. The second kappa shape index (κ2) is 10.1. The van der Waals surface area contributed by atoms with Crippen LogP contribution >= 0.6 is 0 Å². The van der Waals surface area contributed by atoms with Gasteiger partial charge >= 0.3 is 0 Å². The fraction of sp³-hybridized carbons (Fsp3) is 0.419. The molecular weight excluding hydrogens is 404 g/mol. The molecule has 1 fully saturated rings. The van der Waals surface area contributed by atoms with E-state index in [1.807, 2.05) is 0 Å². The topological polar surface area (TPSA) is 18.5 Å². The maximum absolute atomic E-state index is 6.83. The number of rotatable bonds is 7. The van der Waals surface area contributed by atoms with Gasteiger partial charge in [-0.1, -0.05) is 93.8 Å². The van der Waals surface area contributed by atoms with E-state index >= 15 is 0 Å². The molecule has 172 valence electrons. The van der Waals surface area contributed by atoms with Crippen molar-refractivity contribution in [3.05, 3.63) is 101 Å². The molecule has 0 radical (unpaired) electrons. The molecule has 0 amide bonds. The first-order valence-corrected chi connectivity index (χ1v) is 12.8. The van der Waals surface area contributed by atoms with Crippen LogP contribution in [0.15, 0.2) is 72.8 Å². The molecule has 0 spiro atoms. The lowest BCUT2D eigenvalue weighted by Gasteiger charge is -2.37. The van der Waals surface area contributed by atoms with E-state index < -0.39 is 0 Å². The van der Waals surface area contributed by atoms with Crippen LogP contribution in [0, 0.1) is 0 Å². The molecule has 2 aliphatic carbocycles. The summed E-state index contributed by atoms with van der Waals surface area (Å²) < 4.78 is 13.5. The van der Waals surface area contributed by atoms with Crippen LogP contribution in [0.5, 0.6) is 5.75 Å². The summed E-state index contributed by atoms with van der Waals surface area (Å²) in [6.45, 7) is 4.52. The number of hydrogen-bond donors (Lipinski definition) is 0. The van der Waals surface area contributed by atoms with E-state index in [4.69, 9.17) is 9.47 Å². The number of ether oxygens (including phenoxy) is 2. The summed E-state index contributed by atoms with van der Waals surface area (Å²) >= 11 is 0. The SMILES string of the molecule is CCC(C)c1ccc(OC(OC2CCCCC2)C2c3ccccc3Cc3ccccc32)cc1. The monoisotopic (exact) mass is 440 g/mol. The molecule has 0 heterocycles. The predicted molar refractivity (Wildman–Crippen MR) is 135 cm³/mol. The molecule has 0 bridgehead atoms. The van der Waals surface area contributed by atoms with Crippen LogP contribution in [0.2, 0.25) is 0 Å². The van der Waals surface area contributed by atoms with Gasteiger partial charge in [-0.15, -0.1) is 0 Å². The number of benzene rings is 3. The smallest absolute Gasteiger partial charge is 0.211 e. The summed E-state index contributed by atoms with van der Waals surface area (Å²) in [7, 11) is 0. The minimum absolute atomic E-state index is 0.0716. The van der Waals surface area contributed by atoms with Gasteiger partial charge in [0.1, 0.15) is 5.75 Å². The van der Waals surface area contributed by atoms with Crippen molar-refractivity contribution in [2.75, 3.05) is 0 Å². The molecule has 33 heavy (non-hydrogen) atoms. The molecule has 2 aliphatic rings. The van der Waals surface area contributed by atoms with Crippen LogP contribution in [-0.4, -0.2) is 12.4 Å². The Kier molecular flexibility index (Phi) is 6.83. The third-order valence-corrected chi connectivity index (χ3v) is 7.63. The van der Waals surface area contributed by atoms with E-state index in [9.17, 15) is 0 Å². The van der Waals surface area contributed by atoms with Crippen LogP contribution in [-0.2, 0) is 11.2 Å². The summed E-state index contributed by atoms with van der Waals surface area (Å²) in [6, 6.07) is 26.3. The molecule has 0 aliphatic heterocycles. The predicted octanol–water partition coefficient (Wildman–Crippen LogP) is 7.99. The highest BCUT2D eigenvalue weighted by Gasteiger charge is 2.35. The van der Waals surface area contributed by atoms with Crippen molar-refractivity contribution in [2.24, 2.45) is 0 Å². The van der Waals surface area contributed by atoms with Gasteiger partial charge in [0, 0.05) is 0 Å². The molecule has 5 rings (SSSR count). The Balaban J connectivity index is 1.50. The van der Waals surface area contributed by atoms with Crippen LogP contribution in [0.1, 0.15) is 92.0 Å². The summed E-state index contributed by atoms with van der Waals surface area (Å²) in [5.41, 5.74) is 6.81. The summed E-state index contributed by atoms with van der Waals surface area (Å²) in [4.78, 5) is 0. The quantitative estimate of drug-likeness (QED) is 0.347. The molecule has 0 saturated heterocycles. The maximum Gasteiger partial charge on any atom is 0.211 e. The van der Waals surface area contributed by atoms with Gasteiger partial charge < -0.3 is 9.47 Å². The van der Waals surface area contributed by atoms with Crippen LogP contribution in [0.25, 0.3) is 0 Å². The minimum atomic E-state index is -0.342. The zero-order valence-electron chi connectivity index (χ0n) is 20.0. The Morgan fingerprint density at radius 3 is 2.00 bits per heavy atom. The molecule has 2 nitrogen and oxygen atoms in total. The van der Waals surface area contributed by atoms with Gasteiger partial charge in [-0.3, -0.25) is 0 Å². The fourth-order valence-corrected chi connectivity index (χ4v) is 5.47. The van der Waals surface area contributed by atoms with Crippen molar-refractivity contribution >= 4 is 0 Å². The summed E-state index contributed by atoms with van der Waals surface area (Å²) in [5.74, 6) is 1.52. The average Bonchev–Trinajstić information content (AvgIpc) is 2.87. The molecule has 1 saturated carbocycles. The Labute approximate surface area is 199 Å². The van der Waals surface area contributed by atoms with E-state index in [-0.39, 0.29) is 18.3 Å². The molecule has 2 atom stereocenters. The van der Waals surface area contributed by atoms with E-state index in [1.165, 1.54) is 47.1 Å². The Morgan fingerprint density at radius 2 is 1.39 bits per heavy atom. The standard InChI is InChI=1S/C31H36O2/c1-3-22(2)23-17-19-27(20-18-23)33-31(32-26-13-5-4-6-14-26)30-28-15-9-7-11-24(28)21-25-12-8-10-16-29(25)30/h7-12,15-20,22,26,30-31H,3-6,13-14,21H2,1-2H3. The number of fused-ring (bicyclic) bond motifs is 2. The third-order valence-electron chi connectivity index (χ3n) is 7.63. The van der Waals surface area contributed by atoms with Crippen molar-refractivity contribution in [3.63, 3.8) is 0 Å². The summed E-state index contributed by atoms with van der Waals surface area (Å²) in [5, 5.41) is 0. The average molecular weight is 441 g/mol. The van der Waals surface area contributed by atoms with Crippen molar-refractivity contribution in [2.45, 2.75) is 83.0 Å². The Bertz CT molecular complexity index is 1000. The van der Waals surface area contributed by atoms with Gasteiger partial charge in [0.25, 0.3) is 0 Å². The zero-order chi connectivity index (χ0) is 22.6. The van der Waals surface area contributed by atoms with E-state index in [1.54, 1.807) is 0 Å². The molecule has 3 aromatic carbocycles.